The molecule has 4 rings (SSSR count). The van der Waals surface area contributed by atoms with Crippen LogP contribution in [0.15, 0.2) is 30.3 Å². The lowest BCUT2D eigenvalue weighted by molar-refractivity contribution is 0.0517. The van der Waals surface area contributed by atoms with Gasteiger partial charge in [-0.05, 0) is 30.9 Å². The molecule has 134 valence electrons. The third kappa shape index (κ3) is 3.78. The molecule has 2 fully saturated rings. The predicted octanol–water partition coefficient (Wildman–Crippen LogP) is 2.28. The van der Waals surface area contributed by atoms with Gasteiger partial charge in [-0.3, -0.25) is 4.90 Å². The number of ether oxygens (including phenoxy) is 1. The first-order valence-corrected chi connectivity index (χ1v) is 9.38. The third-order valence-electron chi connectivity index (χ3n) is 5.48. The Morgan fingerprint density at radius 3 is 2.60 bits per heavy atom. The van der Waals surface area contributed by atoms with Gasteiger partial charge in [0.2, 0.25) is 0 Å². The maximum atomic E-state index is 9.79. The molecule has 0 saturated carbocycles. The lowest BCUT2D eigenvalue weighted by Gasteiger charge is -2.38. The molecule has 3 heterocycles. The summed E-state index contributed by atoms with van der Waals surface area (Å²) in [5.74, 6) is 1.74. The second kappa shape index (κ2) is 7.68. The molecule has 2 saturated heterocycles. The molecule has 5 heteroatoms. The van der Waals surface area contributed by atoms with Gasteiger partial charge in [0.1, 0.15) is 5.82 Å². The van der Waals surface area contributed by atoms with Crippen LogP contribution in [0.25, 0.3) is 10.9 Å². The Balaban J connectivity index is 1.44. The van der Waals surface area contributed by atoms with Crippen LogP contribution in [0.1, 0.15) is 18.4 Å². The molecule has 2 aromatic rings. The van der Waals surface area contributed by atoms with Crippen molar-refractivity contribution in [2.24, 2.45) is 5.92 Å². The number of aromatic nitrogens is 1. The van der Waals surface area contributed by atoms with E-state index in [-0.39, 0.29) is 6.61 Å². The van der Waals surface area contributed by atoms with E-state index in [2.05, 4.69) is 21.9 Å². The van der Waals surface area contributed by atoms with Crippen LogP contribution >= 0.6 is 0 Å². The van der Waals surface area contributed by atoms with Gasteiger partial charge in [-0.15, -0.1) is 0 Å². The summed E-state index contributed by atoms with van der Waals surface area (Å²) < 4.78 is 5.47. The van der Waals surface area contributed by atoms with E-state index in [0.29, 0.717) is 0 Å². The predicted molar refractivity (Wildman–Crippen MR) is 99.9 cm³/mol. The first-order chi connectivity index (χ1) is 12.3. The number of benzene rings is 1. The molecule has 0 spiro atoms. The van der Waals surface area contributed by atoms with Crippen molar-refractivity contribution in [1.82, 2.24) is 9.88 Å². The molecule has 1 aromatic carbocycles. The Labute approximate surface area is 149 Å². The van der Waals surface area contributed by atoms with E-state index in [1.165, 1.54) is 19.4 Å². The van der Waals surface area contributed by atoms with Gasteiger partial charge in [-0.25, -0.2) is 4.98 Å². The molecule has 1 N–H and O–H groups in total. The van der Waals surface area contributed by atoms with Gasteiger partial charge < -0.3 is 14.7 Å². The first-order valence-electron chi connectivity index (χ1n) is 9.38. The van der Waals surface area contributed by atoms with Crippen molar-refractivity contribution in [1.29, 1.82) is 0 Å². The van der Waals surface area contributed by atoms with Gasteiger partial charge >= 0.3 is 0 Å². The van der Waals surface area contributed by atoms with Gasteiger partial charge in [0.05, 0.1) is 12.1 Å². The normalized spacial score (nSPS) is 20.3. The van der Waals surface area contributed by atoms with E-state index in [1.807, 2.05) is 18.2 Å². The Morgan fingerprint density at radius 2 is 1.84 bits per heavy atom. The molecule has 2 aliphatic rings. The van der Waals surface area contributed by atoms with E-state index in [0.717, 1.165) is 67.6 Å². The third-order valence-corrected chi connectivity index (χ3v) is 5.48. The highest BCUT2D eigenvalue weighted by Gasteiger charge is 2.23. The van der Waals surface area contributed by atoms with Crippen LogP contribution in [-0.2, 0) is 11.3 Å². The van der Waals surface area contributed by atoms with Crippen molar-refractivity contribution in [3.05, 3.63) is 35.9 Å². The summed E-state index contributed by atoms with van der Waals surface area (Å²) in [6, 6.07) is 10.2. The Bertz CT molecular complexity index is 707. The SMILES string of the molecule is OCc1cc2ccccc2nc1N1CCN(CC2CCOCC2)CC1. The van der Waals surface area contributed by atoms with Crippen molar-refractivity contribution in [2.45, 2.75) is 19.4 Å². The largest absolute Gasteiger partial charge is 0.392 e. The van der Waals surface area contributed by atoms with E-state index >= 15 is 0 Å². The van der Waals surface area contributed by atoms with E-state index in [1.54, 1.807) is 0 Å². The molecule has 0 atom stereocenters. The monoisotopic (exact) mass is 341 g/mol. The number of hydrogen-bond acceptors (Lipinski definition) is 5. The van der Waals surface area contributed by atoms with Crippen LogP contribution in [0, 0.1) is 5.92 Å². The number of hydrogen-bond donors (Lipinski definition) is 1. The summed E-state index contributed by atoms with van der Waals surface area (Å²) >= 11 is 0. The van der Waals surface area contributed by atoms with Crippen LogP contribution in [-0.4, -0.2) is 60.9 Å². The van der Waals surface area contributed by atoms with Gasteiger partial charge in [0.15, 0.2) is 0 Å². The number of pyridine rings is 1. The zero-order valence-electron chi connectivity index (χ0n) is 14.7. The number of anilines is 1. The summed E-state index contributed by atoms with van der Waals surface area (Å²) in [6.07, 6.45) is 2.39. The summed E-state index contributed by atoms with van der Waals surface area (Å²) in [5.41, 5.74) is 1.93. The second-order valence-corrected chi connectivity index (χ2v) is 7.17. The summed E-state index contributed by atoms with van der Waals surface area (Å²) in [5, 5.41) is 10.9. The Hall–Kier alpha value is -1.69. The minimum atomic E-state index is 0.0372. The zero-order valence-corrected chi connectivity index (χ0v) is 14.7. The molecule has 0 bridgehead atoms. The average molecular weight is 341 g/mol. The Morgan fingerprint density at radius 1 is 1.08 bits per heavy atom. The lowest BCUT2D eigenvalue weighted by Crippen LogP contribution is -2.48. The maximum absolute atomic E-state index is 9.79. The van der Waals surface area contributed by atoms with E-state index < -0.39 is 0 Å². The van der Waals surface area contributed by atoms with Crippen LogP contribution in [0.4, 0.5) is 5.82 Å². The number of aliphatic hydroxyl groups is 1. The van der Waals surface area contributed by atoms with E-state index in [9.17, 15) is 5.11 Å². The van der Waals surface area contributed by atoms with Gasteiger partial charge in [0.25, 0.3) is 0 Å². The Kier molecular flexibility index (Phi) is 5.15. The van der Waals surface area contributed by atoms with Gasteiger partial charge in [0, 0.05) is 56.9 Å². The van der Waals surface area contributed by atoms with Gasteiger partial charge in [-0.1, -0.05) is 18.2 Å². The van der Waals surface area contributed by atoms with Crippen LogP contribution in [0.2, 0.25) is 0 Å². The minimum Gasteiger partial charge on any atom is -0.392 e. The molecule has 0 amide bonds. The zero-order chi connectivity index (χ0) is 17.1. The van der Waals surface area contributed by atoms with Crippen molar-refractivity contribution in [3.8, 4) is 0 Å². The van der Waals surface area contributed by atoms with Crippen LogP contribution < -0.4 is 4.90 Å². The lowest BCUT2D eigenvalue weighted by atomic mass is 9.99. The fourth-order valence-electron chi connectivity index (χ4n) is 3.98. The molecule has 0 unspecified atom stereocenters. The van der Waals surface area contributed by atoms with Gasteiger partial charge in [-0.2, -0.15) is 0 Å². The molecule has 5 nitrogen and oxygen atoms in total. The van der Waals surface area contributed by atoms with Crippen LogP contribution in [0.3, 0.4) is 0 Å². The minimum absolute atomic E-state index is 0.0372. The highest BCUT2D eigenvalue weighted by molar-refractivity contribution is 5.81. The molecular formula is C20H27N3O2. The quantitative estimate of drug-likeness (QED) is 0.924. The van der Waals surface area contributed by atoms with Crippen LogP contribution in [0.5, 0.6) is 0 Å². The number of piperazine rings is 1. The highest BCUT2D eigenvalue weighted by Crippen LogP contribution is 2.25. The molecule has 1 aromatic heterocycles. The first kappa shape index (κ1) is 16.8. The molecular weight excluding hydrogens is 314 g/mol. The molecule has 2 aliphatic heterocycles. The van der Waals surface area contributed by atoms with Crippen molar-refractivity contribution in [3.63, 3.8) is 0 Å². The number of fused-ring (bicyclic) bond motifs is 1. The topological polar surface area (TPSA) is 48.8 Å². The molecule has 0 radical (unpaired) electrons. The standard InChI is InChI=1S/C20H27N3O2/c24-15-18-13-17-3-1-2-4-19(17)21-20(18)23-9-7-22(8-10-23)14-16-5-11-25-12-6-16/h1-4,13,16,24H,5-12,14-15H2. The second-order valence-electron chi connectivity index (χ2n) is 7.17. The van der Waals surface area contributed by atoms with Crippen molar-refractivity contribution >= 4 is 16.7 Å². The highest BCUT2D eigenvalue weighted by atomic mass is 16.5. The fraction of sp³-hybridized carbons (Fsp3) is 0.550. The summed E-state index contributed by atoms with van der Waals surface area (Å²) in [4.78, 5) is 9.75. The fourth-order valence-corrected chi connectivity index (χ4v) is 3.98. The van der Waals surface area contributed by atoms with Crippen molar-refractivity contribution < 1.29 is 9.84 Å². The maximum Gasteiger partial charge on any atom is 0.134 e. The number of aliphatic hydroxyl groups excluding tert-OH is 1. The average Bonchev–Trinajstić information content (AvgIpc) is 2.68. The number of rotatable bonds is 4. The molecule has 0 aliphatic carbocycles. The molecule has 25 heavy (non-hydrogen) atoms. The summed E-state index contributed by atoms with van der Waals surface area (Å²) in [6.45, 7) is 7.15. The number of nitrogens with zero attached hydrogens (tertiary/aromatic N) is 3. The smallest absolute Gasteiger partial charge is 0.134 e. The summed E-state index contributed by atoms with van der Waals surface area (Å²) in [7, 11) is 0. The number of para-hydroxylation sites is 1. The van der Waals surface area contributed by atoms with E-state index in [4.69, 9.17) is 9.72 Å². The van der Waals surface area contributed by atoms with Crippen molar-refractivity contribution in [2.75, 3.05) is 50.8 Å².